The Balaban J connectivity index is 2.32. The Kier molecular flexibility index (Phi) is 3.94. The normalized spacial score (nSPS) is 10.3. The smallest absolute Gasteiger partial charge is 0.257 e. The van der Waals surface area contributed by atoms with E-state index in [1.807, 2.05) is 0 Å². The number of hydrogen-bond donors (Lipinski definition) is 3. The van der Waals surface area contributed by atoms with Crippen molar-refractivity contribution in [3.05, 3.63) is 51.7 Å². The number of nitrogens with two attached hydrogens (primary N) is 1. The number of rotatable bonds is 2. The maximum Gasteiger partial charge on any atom is 0.257 e. The Morgan fingerprint density at radius 1 is 1.35 bits per heavy atom. The van der Waals surface area contributed by atoms with E-state index in [0.29, 0.717) is 11.3 Å². The second kappa shape index (κ2) is 5.50. The number of phenols is 1. The molecule has 0 saturated carbocycles. The highest BCUT2D eigenvalue weighted by atomic mass is 79.9. The second-order valence-corrected chi connectivity index (χ2v) is 5.16. The zero-order chi connectivity index (χ0) is 14.9. The number of carbonyl (C=O) groups excluding carboxylic acids is 1. The summed E-state index contributed by atoms with van der Waals surface area (Å²) in [6.07, 6.45) is 0. The van der Waals surface area contributed by atoms with Crippen molar-refractivity contribution in [3.8, 4) is 5.75 Å². The van der Waals surface area contributed by atoms with Gasteiger partial charge in [-0.05, 0) is 58.7 Å². The van der Waals surface area contributed by atoms with Crippen molar-refractivity contribution in [1.29, 1.82) is 0 Å². The number of amides is 1. The van der Waals surface area contributed by atoms with Gasteiger partial charge in [0, 0.05) is 11.4 Å². The van der Waals surface area contributed by atoms with Crippen LogP contribution in [0.5, 0.6) is 5.75 Å². The summed E-state index contributed by atoms with van der Waals surface area (Å²) >= 11 is 3.06. The van der Waals surface area contributed by atoms with Crippen LogP contribution in [-0.4, -0.2) is 11.0 Å². The lowest BCUT2D eigenvalue weighted by Gasteiger charge is -2.11. The molecule has 0 fully saturated rings. The first kappa shape index (κ1) is 14.3. The minimum Gasteiger partial charge on any atom is -0.508 e. The molecular formula is C14H12BrFN2O2. The fourth-order valence-corrected chi connectivity index (χ4v) is 2.05. The Morgan fingerprint density at radius 2 is 2.05 bits per heavy atom. The number of hydrogen-bond acceptors (Lipinski definition) is 3. The van der Waals surface area contributed by atoms with Gasteiger partial charge in [-0.25, -0.2) is 4.39 Å². The van der Waals surface area contributed by atoms with Gasteiger partial charge in [0.15, 0.2) is 0 Å². The number of benzene rings is 2. The summed E-state index contributed by atoms with van der Waals surface area (Å²) in [7, 11) is 0. The molecule has 2 rings (SSSR count). The van der Waals surface area contributed by atoms with Crippen LogP contribution in [0.1, 0.15) is 15.9 Å². The van der Waals surface area contributed by atoms with Crippen molar-refractivity contribution < 1.29 is 14.3 Å². The molecule has 2 aromatic rings. The highest BCUT2D eigenvalue weighted by Gasteiger charge is 2.13. The van der Waals surface area contributed by atoms with Crippen LogP contribution in [0.2, 0.25) is 0 Å². The van der Waals surface area contributed by atoms with E-state index in [-0.39, 0.29) is 21.5 Å². The zero-order valence-electron chi connectivity index (χ0n) is 10.6. The monoisotopic (exact) mass is 338 g/mol. The lowest BCUT2D eigenvalue weighted by Crippen LogP contribution is -2.14. The molecule has 0 bridgehead atoms. The molecule has 2 aromatic carbocycles. The van der Waals surface area contributed by atoms with Crippen molar-refractivity contribution in [2.24, 2.45) is 0 Å². The topological polar surface area (TPSA) is 75.3 Å². The van der Waals surface area contributed by atoms with E-state index in [2.05, 4.69) is 21.2 Å². The molecule has 1 amide bonds. The van der Waals surface area contributed by atoms with Crippen LogP contribution in [0.3, 0.4) is 0 Å². The second-order valence-electron chi connectivity index (χ2n) is 4.31. The van der Waals surface area contributed by atoms with Gasteiger partial charge in [0.25, 0.3) is 5.91 Å². The molecule has 0 aliphatic rings. The van der Waals surface area contributed by atoms with E-state index in [0.717, 1.165) is 0 Å². The fourth-order valence-electron chi connectivity index (χ4n) is 1.71. The number of aromatic hydroxyl groups is 1. The maximum absolute atomic E-state index is 13.3. The van der Waals surface area contributed by atoms with Crippen LogP contribution in [0, 0.1) is 12.7 Å². The predicted molar refractivity (Wildman–Crippen MR) is 79.3 cm³/mol. The summed E-state index contributed by atoms with van der Waals surface area (Å²) < 4.78 is 13.6. The van der Waals surface area contributed by atoms with Gasteiger partial charge < -0.3 is 16.2 Å². The maximum atomic E-state index is 13.3. The van der Waals surface area contributed by atoms with Crippen molar-refractivity contribution in [3.63, 3.8) is 0 Å². The largest absolute Gasteiger partial charge is 0.508 e. The Morgan fingerprint density at radius 3 is 2.75 bits per heavy atom. The van der Waals surface area contributed by atoms with Gasteiger partial charge in [0.2, 0.25) is 0 Å². The summed E-state index contributed by atoms with van der Waals surface area (Å²) in [5.74, 6) is -0.932. The zero-order valence-corrected chi connectivity index (χ0v) is 12.2. The number of halogens is 2. The number of carbonyl (C=O) groups is 1. The third-order valence-electron chi connectivity index (χ3n) is 2.80. The fraction of sp³-hybridized carbons (Fsp3) is 0.0714. The minimum absolute atomic E-state index is 0.0543. The van der Waals surface area contributed by atoms with Crippen molar-refractivity contribution in [1.82, 2.24) is 0 Å². The molecule has 0 radical (unpaired) electrons. The lowest BCUT2D eigenvalue weighted by atomic mass is 10.1. The van der Waals surface area contributed by atoms with Crippen LogP contribution < -0.4 is 11.1 Å². The van der Waals surface area contributed by atoms with Crippen LogP contribution >= 0.6 is 15.9 Å². The molecule has 0 unspecified atom stereocenters. The number of nitrogen functional groups attached to an aromatic ring is 1. The molecule has 104 valence electrons. The van der Waals surface area contributed by atoms with Crippen molar-refractivity contribution >= 4 is 33.2 Å². The molecule has 0 aliphatic carbocycles. The van der Waals surface area contributed by atoms with Crippen molar-refractivity contribution in [2.45, 2.75) is 6.92 Å². The van der Waals surface area contributed by atoms with Crippen LogP contribution in [0.15, 0.2) is 34.8 Å². The molecule has 0 aromatic heterocycles. The number of anilines is 2. The van der Waals surface area contributed by atoms with Gasteiger partial charge in [0.1, 0.15) is 11.6 Å². The molecule has 0 saturated heterocycles. The standard InChI is InChI=1S/C14H12BrFN2O2/c1-7-4-11(16)10(15)6-13(7)18-14(20)9-5-8(19)2-3-12(9)17/h2-6,19H,17H2,1H3,(H,18,20). The third-order valence-corrected chi connectivity index (χ3v) is 3.40. The highest BCUT2D eigenvalue weighted by Crippen LogP contribution is 2.26. The summed E-state index contributed by atoms with van der Waals surface area (Å²) in [5, 5.41) is 12.0. The average molecular weight is 339 g/mol. The van der Waals surface area contributed by atoms with Gasteiger partial charge in [-0.3, -0.25) is 4.79 Å². The molecule has 0 spiro atoms. The Labute approximate surface area is 123 Å². The van der Waals surface area contributed by atoms with E-state index >= 15 is 0 Å². The average Bonchev–Trinajstić information content (AvgIpc) is 2.38. The first-order chi connectivity index (χ1) is 9.38. The molecule has 0 atom stereocenters. The quantitative estimate of drug-likeness (QED) is 0.580. The van der Waals surface area contributed by atoms with Gasteiger partial charge in [-0.15, -0.1) is 0 Å². The number of nitrogens with one attached hydrogen (secondary N) is 1. The van der Waals surface area contributed by atoms with E-state index in [1.54, 1.807) is 6.92 Å². The SMILES string of the molecule is Cc1cc(F)c(Br)cc1NC(=O)c1cc(O)ccc1N. The van der Waals surface area contributed by atoms with Crippen LogP contribution in [0.4, 0.5) is 15.8 Å². The first-order valence-electron chi connectivity index (χ1n) is 5.74. The van der Waals surface area contributed by atoms with Gasteiger partial charge >= 0.3 is 0 Å². The van der Waals surface area contributed by atoms with Crippen molar-refractivity contribution in [2.75, 3.05) is 11.1 Å². The number of phenolic OH excluding ortho intramolecular Hbond substituents is 1. The molecule has 4 N–H and O–H groups in total. The summed E-state index contributed by atoms with van der Waals surface area (Å²) in [6, 6.07) is 6.90. The molecule has 6 heteroatoms. The Bertz CT molecular complexity index is 689. The lowest BCUT2D eigenvalue weighted by molar-refractivity contribution is 0.102. The van der Waals surface area contributed by atoms with Crippen LogP contribution in [0.25, 0.3) is 0 Å². The molecule has 0 heterocycles. The molecule has 4 nitrogen and oxygen atoms in total. The van der Waals surface area contributed by atoms with E-state index in [4.69, 9.17) is 5.73 Å². The third kappa shape index (κ3) is 2.91. The molecular weight excluding hydrogens is 327 g/mol. The minimum atomic E-state index is -0.472. The van der Waals surface area contributed by atoms with Gasteiger partial charge in [-0.2, -0.15) is 0 Å². The number of aryl methyl sites for hydroxylation is 1. The molecule has 0 aliphatic heterocycles. The van der Waals surface area contributed by atoms with Gasteiger partial charge in [-0.1, -0.05) is 0 Å². The summed E-state index contributed by atoms with van der Waals surface area (Å²) in [4.78, 5) is 12.1. The predicted octanol–water partition coefficient (Wildman–Crippen LogP) is 3.44. The van der Waals surface area contributed by atoms with E-state index < -0.39 is 11.7 Å². The highest BCUT2D eigenvalue weighted by molar-refractivity contribution is 9.10. The van der Waals surface area contributed by atoms with E-state index in [1.165, 1.54) is 30.3 Å². The van der Waals surface area contributed by atoms with Crippen LogP contribution in [-0.2, 0) is 0 Å². The Hall–Kier alpha value is -2.08. The summed E-state index contributed by atoms with van der Waals surface area (Å²) in [6.45, 7) is 1.68. The van der Waals surface area contributed by atoms with Gasteiger partial charge in [0.05, 0.1) is 10.0 Å². The molecule has 20 heavy (non-hydrogen) atoms. The summed E-state index contributed by atoms with van der Waals surface area (Å²) in [5.41, 5.74) is 7.15. The first-order valence-corrected chi connectivity index (χ1v) is 6.53. The van der Waals surface area contributed by atoms with E-state index in [9.17, 15) is 14.3 Å².